The topological polar surface area (TPSA) is 54.6 Å². The van der Waals surface area contributed by atoms with Crippen molar-refractivity contribution in [3.63, 3.8) is 0 Å². The van der Waals surface area contributed by atoms with Crippen LogP contribution in [0.1, 0.15) is 11.3 Å². The lowest BCUT2D eigenvalue weighted by Crippen LogP contribution is -2.19. The van der Waals surface area contributed by atoms with Crippen molar-refractivity contribution in [1.82, 2.24) is 5.43 Å². The number of hydrogen-bond donors (Lipinski definition) is 1. The number of nitrogens with zero attached hydrogens (tertiary/aromatic N) is 1. The summed E-state index contributed by atoms with van der Waals surface area (Å²) in [6, 6.07) is 10.6. The van der Waals surface area contributed by atoms with Crippen LogP contribution in [-0.2, 0) is 11.2 Å². The summed E-state index contributed by atoms with van der Waals surface area (Å²) in [4.78, 5) is 11.6. The molecule has 0 fully saturated rings. The van der Waals surface area contributed by atoms with Crippen LogP contribution >= 0.6 is 27.5 Å². The van der Waals surface area contributed by atoms with Crippen molar-refractivity contribution >= 4 is 39.7 Å². The van der Waals surface area contributed by atoms with Crippen molar-refractivity contribution in [3.05, 3.63) is 57.4 Å². The third-order valence-electron chi connectivity index (χ3n) is 2.25. The van der Waals surface area contributed by atoms with E-state index >= 15 is 0 Å². The summed E-state index contributed by atoms with van der Waals surface area (Å²) in [5, 5.41) is 4.45. The molecular formula is C13H10BrClN2O2. The first-order valence-electron chi connectivity index (χ1n) is 5.45. The minimum absolute atomic E-state index is 0.204. The van der Waals surface area contributed by atoms with Crippen molar-refractivity contribution in [2.75, 3.05) is 0 Å². The Morgan fingerprint density at radius 2 is 2.05 bits per heavy atom. The molecule has 2 rings (SSSR count). The Morgan fingerprint density at radius 3 is 2.68 bits per heavy atom. The molecule has 0 spiro atoms. The highest BCUT2D eigenvalue weighted by molar-refractivity contribution is 9.10. The fourth-order valence-corrected chi connectivity index (χ4v) is 1.84. The summed E-state index contributed by atoms with van der Waals surface area (Å²) < 4.78 is 5.81. The maximum atomic E-state index is 11.6. The Bertz CT molecular complexity index is 593. The van der Waals surface area contributed by atoms with Gasteiger partial charge >= 0.3 is 0 Å². The van der Waals surface area contributed by atoms with E-state index in [0.717, 1.165) is 5.56 Å². The lowest BCUT2D eigenvalue weighted by molar-refractivity contribution is -0.120. The van der Waals surface area contributed by atoms with Crippen LogP contribution in [-0.4, -0.2) is 12.1 Å². The van der Waals surface area contributed by atoms with E-state index in [9.17, 15) is 4.79 Å². The molecule has 0 radical (unpaired) electrons. The molecule has 19 heavy (non-hydrogen) atoms. The zero-order valence-corrected chi connectivity index (χ0v) is 12.1. The standard InChI is InChI=1S/C13H10BrClN2O2/c14-12-6-5-11(19-12)8-16-17-13(18)7-9-1-3-10(15)4-2-9/h1-6,8H,7H2,(H,17,18)/b16-8-. The minimum Gasteiger partial charge on any atom is -0.448 e. The van der Waals surface area contributed by atoms with Gasteiger partial charge in [-0.1, -0.05) is 23.7 Å². The van der Waals surface area contributed by atoms with Crippen molar-refractivity contribution in [3.8, 4) is 0 Å². The van der Waals surface area contributed by atoms with Crippen molar-refractivity contribution in [2.24, 2.45) is 5.10 Å². The van der Waals surface area contributed by atoms with Crippen LogP contribution in [0.4, 0.5) is 0 Å². The van der Waals surface area contributed by atoms with Gasteiger partial charge in [0.1, 0.15) is 5.76 Å². The van der Waals surface area contributed by atoms with E-state index in [4.69, 9.17) is 16.0 Å². The first-order chi connectivity index (χ1) is 9.13. The molecule has 0 saturated carbocycles. The normalized spacial score (nSPS) is 10.8. The van der Waals surface area contributed by atoms with Gasteiger partial charge in [-0.3, -0.25) is 4.79 Å². The molecule has 0 atom stereocenters. The predicted molar refractivity (Wildman–Crippen MR) is 77.3 cm³/mol. The second kappa shape index (κ2) is 6.54. The van der Waals surface area contributed by atoms with Crippen LogP contribution < -0.4 is 5.43 Å². The van der Waals surface area contributed by atoms with Gasteiger partial charge in [-0.25, -0.2) is 5.43 Å². The van der Waals surface area contributed by atoms with Gasteiger partial charge in [-0.05, 0) is 45.8 Å². The third-order valence-corrected chi connectivity index (χ3v) is 2.93. The number of rotatable bonds is 4. The van der Waals surface area contributed by atoms with E-state index in [2.05, 4.69) is 26.5 Å². The molecule has 1 heterocycles. The van der Waals surface area contributed by atoms with Gasteiger partial charge < -0.3 is 4.42 Å². The van der Waals surface area contributed by atoms with Crippen LogP contribution in [0.15, 0.2) is 50.6 Å². The number of hydrogen-bond acceptors (Lipinski definition) is 3. The Labute approximate surface area is 123 Å². The summed E-state index contributed by atoms with van der Waals surface area (Å²) in [5.41, 5.74) is 3.30. The molecule has 0 aliphatic heterocycles. The van der Waals surface area contributed by atoms with Crippen LogP contribution in [0.2, 0.25) is 5.02 Å². The highest BCUT2D eigenvalue weighted by Crippen LogP contribution is 2.12. The first-order valence-corrected chi connectivity index (χ1v) is 6.62. The molecule has 98 valence electrons. The number of furan rings is 1. The number of amides is 1. The molecule has 2 aromatic rings. The molecule has 6 heteroatoms. The van der Waals surface area contributed by atoms with E-state index in [1.807, 2.05) is 0 Å². The van der Waals surface area contributed by atoms with Gasteiger partial charge in [0.15, 0.2) is 4.67 Å². The summed E-state index contributed by atoms with van der Waals surface area (Å²) >= 11 is 8.94. The molecule has 0 aliphatic carbocycles. The number of carbonyl (C=O) groups excluding carboxylic acids is 1. The van der Waals surface area contributed by atoms with Gasteiger partial charge in [0.2, 0.25) is 5.91 Å². The van der Waals surface area contributed by atoms with Crippen LogP contribution in [0.25, 0.3) is 0 Å². The summed E-state index contributed by atoms with van der Waals surface area (Å²) in [5.74, 6) is 0.350. The van der Waals surface area contributed by atoms with E-state index in [1.165, 1.54) is 6.21 Å². The van der Waals surface area contributed by atoms with E-state index in [1.54, 1.807) is 36.4 Å². The van der Waals surface area contributed by atoms with E-state index in [0.29, 0.717) is 15.5 Å². The molecule has 1 N–H and O–H groups in total. The zero-order chi connectivity index (χ0) is 13.7. The number of benzene rings is 1. The predicted octanol–water partition coefficient (Wildman–Crippen LogP) is 3.39. The number of carbonyl (C=O) groups is 1. The number of hydrazone groups is 1. The van der Waals surface area contributed by atoms with Gasteiger partial charge in [-0.15, -0.1) is 0 Å². The smallest absolute Gasteiger partial charge is 0.244 e. The molecule has 1 aromatic carbocycles. The third kappa shape index (κ3) is 4.54. The summed E-state index contributed by atoms with van der Waals surface area (Å²) in [6.07, 6.45) is 1.68. The molecule has 0 unspecified atom stereocenters. The second-order valence-corrected chi connectivity index (χ2v) is 4.96. The molecule has 1 amide bonds. The average Bonchev–Trinajstić information content (AvgIpc) is 2.78. The van der Waals surface area contributed by atoms with Crippen LogP contribution in [0.5, 0.6) is 0 Å². The molecular weight excluding hydrogens is 332 g/mol. The van der Waals surface area contributed by atoms with Crippen LogP contribution in [0.3, 0.4) is 0 Å². The molecule has 1 aromatic heterocycles. The monoisotopic (exact) mass is 340 g/mol. The molecule has 0 saturated heterocycles. The minimum atomic E-state index is -0.204. The van der Waals surface area contributed by atoms with E-state index < -0.39 is 0 Å². The van der Waals surface area contributed by atoms with Gasteiger partial charge in [0, 0.05) is 5.02 Å². The number of halogens is 2. The summed E-state index contributed by atoms with van der Waals surface area (Å²) in [7, 11) is 0. The molecule has 0 bridgehead atoms. The van der Waals surface area contributed by atoms with Crippen LogP contribution in [0, 0.1) is 0 Å². The Kier molecular flexibility index (Phi) is 4.76. The maximum Gasteiger partial charge on any atom is 0.244 e. The average molecular weight is 342 g/mol. The number of nitrogens with one attached hydrogen (secondary N) is 1. The molecule has 4 nitrogen and oxygen atoms in total. The fourth-order valence-electron chi connectivity index (χ4n) is 1.39. The van der Waals surface area contributed by atoms with Gasteiger partial charge in [-0.2, -0.15) is 5.10 Å². The summed E-state index contributed by atoms with van der Waals surface area (Å²) in [6.45, 7) is 0. The zero-order valence-electron chi connectivity index (χ0n) is 9.77. The SMILES string of the molecule is O=C(Cc1ccc(Cl)cc1)N/N=C\c1ccc(Br)o1. The Hall–Kier alpha value is -1.59. The Balaban J connectivity index is 1.84. The largest absolute Gasteiger partial charge is 0.448 e. The quantitative estimate of drug-likeness (QED) is 0.684. The van der Waals surface area contributed by atoms with Crippen molar-refractivity contribution < 1.29 is 9.21 Å². The van der Waals surface area contributed by atoms with Gasteiger partial charge in [0.05, 0.1) is 12.6 Å². The highest BCUT2D eigenvalue weighted by Gasteiger charge is 2.02. The van der Waals surface area contributed by atoms with Crippen molar-refractivity contribution in [2.45, 2.75) is 6.42 Å². The maximum absolute atomic E-state index is 11.6. The van der Waals surface area contributed by atoms with E-state index in [-0.39, 0.29) is 12.3 Å². The van der Waals surface area contributed by atoms with Gasteiger partial charge in [0.25, 0.3) is 0 Å². The van der Waals surface area contributed by atoms with Crippen molar-refractivity contribution in [1.29, 1.82) is 0 Å². The fraction of sp³-hybridized carbons (Fsp3) is 0.0769. The molecule has 0 aliphatic rings. The lowest BCUT2D eigenvalue weighted by atomic mass is 10.1. The second-order valence-electron chi connectivity index (χ2n) is 3.74. The lowest BCUT2D eigenvalue weighted by Gasteiger charge is -2.00. The highest BCUT2D eigenvalue weighted by atomic mass is 79.9. The Morgan fingerprint density at radius 1 is 1.32 bits per heavy atom. The first kappa shape index (κ1) is 13.8.